The summed E-state index contributed by atoms with van der Waals surface area (Å²) in [7, 11) is 0. The van der Waals surface area contributed by atoms with Crippen LogP contribution in [0.2, 0.25) is 0 Å². The van der Waals surface area contributed by atoms with Crippen molar-refractivity contribution in [2.45, 2.75) is 52.4 Å². The quantitative estimate of drug-likeness (QED) is 0.797. The molecular formula is C20H29NO. The van der Waals surface area contributed by atoms with Crippen LogP contribution in [-0.2, 0) is 11.2 Å². The molecule has 3 rings (SSSR count). The van der Waals surface area contributed by atoms with Gasteiger partial charge in [-0.3, -0.25) is 4.79 Å². The number of nitrogens with zero attached hydrogens (tertiary/aromatic N) is 1. The lowest BCUT2D eigenvalue weighted by Crippen LogP contribution is -2.41. The van der Waals surface area contributed by atoms with E-state index in [9.17, 15) is 4.79 Å². The first kappa shape index (κ1) is 15.6. The number of hydrogen-bond donors (Lipinski definition) is 0. The third-order valence-corrected chi connectivity index (χ3v) is 5.44. The van der Waals surface area contributed by atoms with Crippen LogP contribution in [-0.4, -0.2) is 23.9 Å². The number of carbonyl (C=O) groups excluding carboxylic acids is 1. The molecule has 22 heavy (non-hydrogen) atoms. The molecule has 0 radical (unpaired) electrons. The number of carbonyl (C=O) groups is 1. The Kier molecular flexibility index (Phi) is 4.85. The first-order valence-corrected chi connectivity index (χ1v) is 8.95. The van der Waals surface area contributed by atoms with Crippen molar-refractivity contribution in [2.75, 3.05) is 13.1 Å². The molecule has 0 aromatic heterocycles. The van der Waals surface area contributed by atoms with Gasteiger partial charge < -0.3 is 4.90 Å². The first-order valence-electron chi connectivity index (χ1n) is 8.95. The van der Waals surface area contributed by atoms with Gasteiger partial charge in [-0.05, 0) is 62.3 Å². The van der Waals surface area contributed by atoms with Gasteiger partial charge in [-0.1, -0.05) is 36.8 Å². The fraction of sp³-hybridized carbons (Fsp3) is 0.650. The molecule has 1 heterocycles. The predicted molar refractivity (Wildman–Crippen MR) is 90.7 cm³/mol. The Bertz CT molecular complexity index is 503. The standard InChI is InChI=1S/C20H29NO/c1-15-5-7-17(8-6-15)13-18-4-3-11-21(14-18)20(22)12-16(2)19-9-10-19/h5-8,16,18-19H,3-4,9-14H2,1-2H3/t16-,18+/m0/s1. The van der Waals surface area contributed by atoms with Crippen molar-refractivity contribution in [3.8, 4) is 0 Å². The molecule has 1 saturated heterocycles. The van der Waals surface area contributed by atoms with Crippen LogP contribution in [0.5, 0.6) is 0 Å². The molecule has 120 valence electrons. The van der Waals surface area contributed by atoms with Crippen molar-refractivity contribution in [3.63, 3.8) is 0 Å². The van der Waals surface area contributed by atoms with E-state index in [4.69, 9.17) is 0 Å². The summed E-state index contributed by atoms with van der Waals surface area (Å²) >= 11 is 0. The smallest absolute Gasteiger partial charge is 0.222 e. The van der Waals surface area contributed by atoms with Crippen LogP contribution < -0.4 is 0 Å². The maximum atomic E-state index is 12.5. The van der Waals surface area contributed by atoms with E-state index in [-0.39, 0.29) is 0 Å². The Morgan fingerprint density at radius 2 is 1.95 bits per heavy atom. The molecule has 2 nitrogen and oxygen atoms in total. The Balaban J connectivity index is 1.52. The van der Waals surface area contributed by atoms with Gasteiger partial charge in [-0.25, -0.2) is 0 Å². The van der Waals surface area contributed by atoms with Gasteiger partial charge in [0.05, 0.1) is 0 Å². The monoisotopic (exact) mass is 299 g/mol. The summed E-state index contributed by atoms with van der Waals surface area (Å²) in [6.07, 6.45) is 6.98. The van der Waals surface area contributed by atoms with Gasteiger partial charge in [0, 0.05) is 19.5 Å². The van der Waals surface area contributed by atoms with E-state index in [0.29, 0.717) is 17.7 Å². The molecule has 0 unspecified atom stereocenters. The van der Waals surface area contributed by atoms with Gasteiger partial charge in [0.1, 0.15) is 0 Å². The SMILES string of the molecule is Cc1ccc(C[C@H]2CCCN(C(=O)C[C@H](C)C3CC3)C2)cc1. The molecule has 1 saturated carbocycles. The Hall–Kier alpha value is -1.31. The van der Waals surface area contributed by atoms with Crippen LogP contribution in [0.25, 0.3) is 0 Å². The summed E-state index contributed by atoms with van der Waals surface area (Å²) in [6.45, 7) is 6.32. The lowest BCUT2D eigenvalue weighted by Gasteiger charge is -2.33. The van der Waals surface area contributed by atoms with E-state index in [1.54, 1.807) is 0 Å². The highest BCUT2D eigenvalue weighted by Crippen LogP contribution is 2.38. The van der Waals surface area contributed by atoms with E-state index in [2.05, 4.69) is 43.0 Å². The zero-order chi connectivity index (χ0) is 15.5. The minimum absolute atomic E-state index is 0.396. The van der Waals surface area contributed by atoms with Crippen LogP contribution in [0.3, 0.4) is 0 Å². The molecule has 2 heteroatoms. The summed E-state index contributed by atoms with van der Waals surface area (Å²) in [5.74, 6) is 2.45. The van der Waals surface area contributed by atoms with Gasteiger partial charge in [0.25, 0.3) is 0 Å². The summed E-state index contributed by atoms with van der Waals surface area (Å²) < 4.78 is 0. The zero-order valence-corrected chi connectivity index (χ0v) is 14.1. The van der Waals surface area contributed by atoms with Crippen molar-refractivity contribution in [1.29, 1.82) is 0 Å². The number of piperidine rings is 1. The lowest BCUT2D eigenvalue weighted by atomic mass is 9.90. The summed E-state index contributed by atoms with van der Waals surface area (Å²) in [4.78, 5) is 14.6. The molecule has 2 atom stereocenters. The Morgan fingerprint density at radius 3 is 2.64 bits per heavy atom. The molecule has 1 aliphatic heterocycles. The van der Waals surface area contributed by atoms with Crippen LogP contribution in [0.4, 0.5) is 0 Å². The number of hydrogen-bond acceptors (Lipinski definition) is 1. The lowest BCUT2D eigenvalue weighted by molar-refractivity contribution is -0.134. The Labute approximate surface area is 134 Å². The Morgan fingerprint density at radius 1 is 1.23 bits per heavy atom. The van der Waals surface area contributed by atoms with E-state index >= 15 is 0 Å². The fourth-order valence-corrected chi connectivity index (χ4v) is 3.75. The third kappa shape index (κ3) is 4.12. The molecule has 0 N–H and O–H groups in total. The average molecular weight is 299 g/mol. The van der Waals surface area contributed by atoms with Crippen LogP contribution >= 0.6 is 0 Å². The number of amides is 1. The van der Waals surface area contributed by atoms with Crippen LogP contribution in [0.15, 0.2) is 24.3 Å². The van der Waals surface area contributed by atoms with E-state index in [1.807, 2.05) is 0 Å². The number of benzene rings is 1. The number of likely N-dealkylation sites (tertiary alicyclic amines) is 1. The number of rotatable bonds is 5. The van der Waals surface area contributed by atoms with Crippen molar-refractivity contribution in [2.24, 2.45) is 17.8 Å². The maximum absolute atomic E-state index is 12.5. The molecule has 2 fully saturated rings. The van der Waals surface area contributed by atoms with Crippen molar-refractivity contribution < 1.29 is 4.79 Å². The summed E-state index contributed by atoms with van der Waals surface area (Å²) in [6, 6.07) is 8.87. The minimum atomic E-state index is 0.396. The molecular weight excluding hydrogens is 270 g/mol. The van der Waals surface area contributed by atoms with Gasteiger partial charge in [-0.15, -0.1) is 0 Å². The number of aryl methyl sites for hydroxylation is 1. The average Bonchev–Trinajstić information content (AvgIpc) is 3.35. The van der Waals surface area contributed by atoms with Crippen LogP contribution in [0, 0.1) is 24.7 Å². The van der Waals surface area contributed by atoms with E-state index in [1.165, 1.54) is 36.8 Å². The second-order valence-corrected chi connectivity index (χ2v) is 7.56. The van der Waals surface area contributed by atoms with Gasteiger partial charge in [0.2, 0.25) is 5.91 Å². The van der Waals surface area contributed by atoms with E-state index < -0.39 is 0 Å². The summed E-state index contributed by atoms with van der Waals surface area (Å²) in [5.41, 5.74) is 2.73. The zero-order valence-electron chi connectivity index (χ0n) is 14.1. The van der Waals surface area contributed by atoms with Gasteiger partial charge in [-0.2, -0.15) is 0 Å². The topological polar surface area (TPSA) is 20.3 Å². The van der Waals surface area contributed by atoms with E-state index in [0.717, 1.165) is 31.8 Å². The van der Waals surface area contributed by atoms with Crippen molar-refractivity contribution in [1.82, 2.24) is 4.90 Å². The van der Waals surface area contributed by atoms with Crippen LogP contribution in [0.1, 0.15) is 50.2 Å². The largest absolute Gasteiger partial charge is 0.342 e. The normalized spacial score (nSPS) is 23.4. The maximum Gasteiger partial charge on any atom is 0.222 e. The second-order valence-electron chi connectivity index (χ2n) is 7.56. The van der Waals surface area contributed by atoms with Gasteiger partial charge in [0.15, 0.2) is 0 Å². The molecule has 0 spiro atoms. The molecule has 1 aromatic carbocycles. The highest BCUT2D eigenvalue weighted by molar-refractivity contribution is 5.76. The predicted octanol–water partition coefficient (Wildman–Crippen LogP) is 4.21. The van der Waals surface area contributed by atoms with Crippen molar-refractivity contribution in [3.05, 3.63) is 35.4 Å². The highest BCUT2D eigenvalue weighted by atomic mass is 16.2. The minimum Gasteiger partial charge on any atom is -0.342 e. The van der Waals surface area contributed by atoms with Crippen molar-refractivity contribution >= 4 is 5.91 Å². The third-order valence-electron chi connectivity index (χ3n) is 5.44. The fourth-order valence-electron chi connectivity index (χ4n) is 3.75. The summed E-state index contributed by atoms with van der Waals surface area (Å²) in [5, 5.41) is 0. The molecule has 1 aliphatic carbocycles. The second kappa shape index (κ2) is 6.85. The first-order chi connectivity index (χ1) is 10.6. The van der Waals surface area contributed by atoms with Gasteiger partial charge >= 0.3 is 0 Å². The molecule has 1 aromatic rings. The molecule has 2 aliphatic rings. The molecule has 0 bridgehead atoms. The molecule has 1 amide bonds. The highest BCUT2D eigenvalue weighted by Gasteiger charge is 2.31.